The first-order valence-electron chi connectivity index (χ1n) is 8.17. The highest BCUT2D eigenvalue weighted by Gasteiger charge is 2.04. The highest BCUT2D eigenvalue weighted by molar-refractivity contribution is 5.79. The normalized spacial score (nSPS) is 11.6. The van der Waals surface area contributed by atoms with E-state index in [9.17, 15) is 8.78 Å². The van der Waals surface area contributed by atoms with Gasteiger partial charge in [0.1, 0.15) is 12.4 Å². The van der Waals surface area contributed by atoms with Crippen LogP contribution in [-0.2, 0) is 11.3 Å². The minimum atomic E-state index is -2.47. The third-order valence-corrected chi connectivity index (χ3v) is 3.17. The Morgan fingerprint density at radius 3 is 2.79 bits per heavy atom. The van der Waals surface area contributed by atoms with E-state index in [4.69, 9.17) is 9.47 Å². The molecule has 0 amide bonds. The van der Waals surface area contributed by atoms with Crippen LogP contribution in [0.1, 0.15) is 25.3 Å². The lowest BCUT2D eigenvalue weighted by Gasteiger charge is -2.13. The number of ether oxygens (including phenoxy) is 2. The molecule has 0 fully saturated rings. The summed E-state index contributed by atoms with van der Waals surface area (Å²) in [6.07, 6.45) is -0.475. The van der Waals surface area contributed by atoms with Gasteiger partial charge in [0.05, 0.1) is 0 Å². The zero-order chi connectivity index (χ0) is 17.6. The lowest BCUT2D eigenvalue weighted by atomic mass is 10.2. The number of nitrogens with one attached hydrogen (secondary N) is 2. The molecule has 0 saturated carbocycles. The molecule has 24 heavy (non-hydrogen) atoms. The van der Waals surface area contributed by atoms with Crippen molar-refractivity contribution in [1.82, 2.24) is 10.6 Å². The highest BCUT2D eigenvalue weighted by Crippen LogP contribution is 2.14. The van der Waals surface area contributed by atoms with Crippen LogP contribution >= 0.6 is 0 Å². The van der Waals surface area contributed by atoms with E-state index >= 15 is 0 Å². The van der Waals surface area contributed by atoms with Crippen molar-refractivity contribution in [2.45, 2.75) is 32.7 Å². The number of rotatable bonds is 11. The van der Waals surface area contributed by atoms with E-state index in [1.165, 1.54) is 0 Å². The monoisotopic (exact) mass is 343 g/mol. The van der Waals surface area contributed by atoms with Crippen LogP contribution in [0.25, 0.3) is 0 Å². The van der Waals surface area contributed by atoms with E-state index in [-0.39, 0.29) is 0 Å². The molecule has 0 bridgehead atoms. The van der Waals surface area contributed by atoms with Gasteiger partial charge >= 0.3 is 0 Å². The second-order valence-corrected chi connectivity index (χ2v) is 5.11. The summed E-state index contributed by atoms with van der Waals surface area (Å²) < 4.78 is 34.6. The predicted molar refractivity (Wildman–Crippen MR) is 91.9 cm³/mol. The van der Waals surface area contributed by atoms with Crippen molar-refractivity contribution in [3.63, 3.8) is 0 Å². The maximum Gasteiger partial charge on any atom is 0.272 e. The summed E-state index contributed by atoms with van der Waals surface area (Å²) in [6.45, 7) is 4.25. The fraction of sp³-hybridized carbons (Fsp3) is 0.588. The molecule has 0 radical (unpaired) electrons. The van der Waals surface area contributed by atoms with Gasteiger partial charge in [-0.15, -0.1) is 0 Å². The minimum absolute atomic E-state index is 0.438. The average molecular weight is 343 g/mol. The number of hydrogen-bond donors (Lipinski definition) is 2. The van der Waals surface area contributed by atoms with Gasteiger partial charge in [0.25, 0.3) is 6.43 Å². The van der Waals surface area contributed by atoms with Crippen molar-refractivity contribution in [3.05, 3.63) is 29.8 Å². The molecule has 5 nitrogen and oxygen atoms in total. The maximum absolute atomic E-state index is 12.2. The molecular formula is C17H27F2N3O2. The molecule has 7 heteroatoms. The van der Waals surface area contributed by atoms with E-state index in [0.29, 0.717) is 18.3 Å². The van der Waals surface area contributed by atoms with Crippen LogP contribution < -0.4 is 15.4 Å². The molecule has 1 rings (SSSR count). The van der Waals surface area contributed by atoms with E-state index in [0.717, 1.165) is 38.2 Å². The predicted octanol–water partition coefficient (Wildman–Crippen LogP) is 2.81. The summed E-state index contributed by atoms with van der Waals surface area (Å²) in [5.41, 5.74) is 0.932. The van der Waals surface area contributed by atoms with Crippen molar-refractivity contribution < 1.29 is 18.3 Å². The number of nitrogens with zero attached hydrogens (tertiary/aromatic N) is 1. The minimum Gasteiger partial charge on any atom is -0.488 e. The van der Waals surface area contributed by atoms with Crippen LogP contribution in [0.5, 0.6) is 5.75 Å². The van der Waals surface area contributed by atoms with Crippen LogP contribution in [-0.4, -0.2) is 45.8 Å². The standard InChI is InChI=1S/C17H27F2N3O2/c1-3-23-10-5-4-9-21-17(20-2)22-12-14-7-6-8-15(11-14)24-13-16(18)19/h6-8,11,16H,3-5,9-10,12-13H2,1-2H3,(H2,20,21,22). The van der Waals surface area contributed by atoms with Gasteiger partial charge in [-0.25, -0.2) is 8.78 Å². The topological polar surface area (TPSA) is 54.9 Å². The number of unbranched alkanes of at least 4 members (excludes halogenated alkanes) is 1. The van der Waals surface area contributed by atoms with E-state index in [1.807, 2.05) is 13.0 Å². The third kappa shape index (κ3) is 9.29. The number of aliphatic imine (C=N–C) groups is 1. The Morgan fingerprint density at radius 1 is 1.25 bits per heavy atom. The van der Waals surface area contributed by atoms with Crippen LogP contribution in [0.4, 0.5) is 8.78 Å². The summed E-state index contributed by atoms with van der Waals surface area (Å²) in [6, 6.07) is 7.08. The summed E-state index contributed by atoms with van der Waals surface area (Å²) in [5, 5.41) is 6.41. The molecule has 0 aromatic heterocycles. The summed E-state index contributed by atoms with van der Waals surface area (Å²) in [5.74, 6) is 1.14. The maximum atomic E-state index is 12.2. The van der Waals surface area contributed by atoms with Crippen LogP contribution in [0.2, 0.25) is 0 Å². The number of halogens is 2. The molecule has 136 valence electrons. The number of benzene rings is 1. The van der Waals surface area contributed by atoms with Gasteiger partial charge in [0.2, 0.25) is 0 Å². The molecular weight excluding hydrogens is 316 g/mol. The first-order valence-corrected chi connectivity index (χ1v) is 8.17. The summed E-state index contributed by atoms with van der Waals surface area (Å²) in [7, 11) is 1.71. The van der Waals surface area contributed by atoms with Gasteiger partial charge in [0, 0.05) is 33.4 Å². The molecule has 0 saturated heterocycles. The largest absolute Gasteiger partial charge is 0.488 e. The molecule has 1 aromatic rings. The van der Waals surface area contributed by atoms with Gasteiger partial charge in [-0.1, -0.05) is 12.1 Å². The van der Waals surface area contributed by atoms with E-state index in [1.54, 1.807) is 25.2 Å². The fourth-order valence-electron chi connectivity index (χ4n) is 1.99. The quantitative estimate of drug-likeness (QED) is 0.369. The van der Waals surface area contributed by atoms with Crippen molar-refractivity contribution in [3.8, 4) is 5.75 Å². The van der Waals surface area contributed by atoms with Crippen molar-refractivity contribution in [2.24, 2.45) is 4.99 Å². The Hall–Kier alpha value is -1.89. The van der Waals surface area contributed by atoms with Crippen molar-refractivity contribution >= 4 is 5.96 Å². The van der Waals surface area contributed by atoms with Crippen LogP contribution in [0.15, 0.2) is 29.3 Å². The Labute approximate surface area is 142 Å². The number of alkyl halides is 2. The zero-order valence-electron chi connectivity index (χ0n) is 14.4. The Morgan fingerprint density at radius 2 is 2.08 bits per heavy atom. The van der Waals surface area contributed by atoms with Gasteiger partial charge in [-0.2, -0.15) is 0 Å². The number of hydrogen-bond acceptors (Lipinski definition) is 3. The Balaban J connectivity index is 2.31. The third-order valence-electron chi connectivity index (χ3n) is 3.17. The molecule has 0 aliphatic rings. The Kier molecular flexibility index (Phi) is 10.5. The zero-order valence-corrected chi connectivity index (χ0v) is 14.4. The van der Waals surface area contributed by atoms with Crippen LogP contribution in [0.3, 0.4) is 0 Å². The first kappa shape index (κ1) is 20.2. The molecule has 2 N–H and O–H groups in total. The lowest BCUT2D eigenvalue weighted by molar-refractivity contribution is 0.0818. The van der Waals surface area contributed by atoms with Gasteiger partial charge < -0.3 is 20.1 Å². The summed E-state index contributed by atoms with van der Waals surface area (Å²) in [4.78, 5) is 4.15. The van der Waals surface area contributed by atoms with Gasteiger partial charge in [-0.05, 0) is 37.5 Å². The van der Waals surface area contributed by atoms with Crippen molar-refractivity contribution in [2.75, 3.05) is 33.4 Å². The SMILES string of the molecule is CCOCCCCNC(=NC)NCc1cccc(OCC(F)F)c1. The lowest BCUT2D eigenvalue weighted by Crippen LogP contribution is -2.37. The first-order chi connectivity index (χ1) is 11.7. The fourth-order valence-corrected chi connectivity index (χ4v) is 1.99. The van der Waals surface area contributed by atoms with E-state index in [2.05, 4.69) is 15.6 Å². The van der Waals surface area contributed by atoms with Crippen LogP contribution in [0, 0.1) is 0 Å². The summed E-state index contributed by atoms with van der Waals surface area (Å²) >= 11 is 0. The Bertz CT molecular complexity index is 485. The van der Waals surface area contributed by atoms with E-state index < -0.39 is 13.0 Å². The second-order valence-electron chi connectivity index (χ2n) is 5.11. The molecule has 0 atom stereocenters. The average Bonchev–Trinajstić information content (AvgIpc) is 2.59. The molecule has 0 spiro atoms. The van der Waals surface area contributed by atoms with Gasteiger partial charge in [0.15, 0.2) is 5.96 Å². The van der Waals surface area contributed by atoms with Crippen molar-refractivity contribution in [1.29, 1.82) is 0 Å². The smallest absolute Gasteiger partial charge is 0.272 e. The van der Waals surface area contributed by atoms with Gasteiger partial charge in [-0.3, -0.25) is 4.99 Å². The second kappa shape index (κ2) is 12.5. The molecule has 0 aliphatic carbocycles. The molecule has 0 aliphatic heterocycles. The number of guanidine groups is 1. The molecule has 1 aromatic carbocycles. The highest BCUT2D eigenvalue weighted by atomic mass is 19.3. The molecule has 0 unspecified atom stereocenters. The molecule has 0 heterocycles.